The van der Waals surface area contributed by atoms with Gasteiger partial charge in [0.15, 0.2) is 6.07 Å². The number of esters is 2. The maximum absolute atomic E-state index is 12.6. The third kappa shape index (κ3) is 9.47. The molecule has 1 aromatic rings. The van der Waals surface area contributed by atoms with Crippen molar-refractivity contribution in [1.29, 1.82) is 5.26 Å². The number of nitrogens with zero attached hydrogens (tertiary/aromatic N) is 1. The molecule has 0 spiro atoms. The van der Waals surface area contributed by atoms with E-state index in [1.807, 2.05) is 12.1 Å². The molecular formula is C22H27NO4. The molecule has 5 nitrogen and oxygen atoms in total. The van der Waals surface area contributed by atoms with Crippen molar-refractivity contribution in [3.05, 3.63) is 35.4 Å². The molecule has 0 heterocycles. The van der Waals surface area contributed by atoms with Crippen molar-refractivity contribution in [1.82, 2.24) is 0 Å². The van der Waals surface area contributed by atoms with E-state index < -0.39 is 29.1 Å². The lowest BCUT2D eigenvalue weighted by atomic mass is 9.95. The van der Waals surface area contributed by atoms with Gasteiger partial charge in [0.1, 0.15) is 11.2 Å². The van der Waals surface area contributed by atoms with E-state index in [1.54, 1.807) is 59.7 Å². The van der Waals surface area contributed by atoms with E-state index in [4.69, 9.17) is 14.7 Å². The van der Waals surface area contributed by atoms with Crippen molar-refractivity contribution in [2.45, 2.75) is 65.6 Å². The molecule has 0 saturated heterocycles. The first-order chi connectivity index (χ1) is 12.4. The van der Waals surface area contributed by atoms with Crippen LogP contribution in [-0.4, -0.2) is 23.1 Å². The monoisotopic (exact) mass is 369 g/mol. The van der Waals surface area contributed by atoms with Gasteiger partial charge in [0.05, 0.1) is 12.3 Å². The molecule has 27 heavy (non-hydrogen) atoms. The van der Waals surface area contributed by atoms with Crippen LogP contribution < -0.4 is 0 Å². The second-order valence-electron chi connectivity index (χ2n) is 8.28. The van der Waals surface area contributed by atoms with Gasteiger partial charge in [0.25, 0.3) is 0 Å². The summed E-state index contributed by atoms with van der Waals surface area (Å²) < 4.78 is 10.8. The second kappa shape index (κ2) is 9.24. The molecule has 1 rings (SSSR count). The molecule has 0 aliphatic heterocycles. The van der Waals surface area contributed by atoms with E-state index in [9.17, 15) is 9.59 Å². The molecular weight excluding hydrogens is 342 g/mol. The van der Waals surface area contributed by atoms with Gasteiger partial charge in [-0.05, 0) is 65.7 Å². The summed E-state index contributed by atoms with van der Waals surface area (Å²) in [6.45, 7) is 10.7. The molecule has 0 radical (unpaired) electrons. The zero-order valence-electron chi connectivity index (χ0n) is 16.9. The summed E-state index contributed by atoms with van der Waals surface area (Å²) in [5, 5.41) is 8.50. The standard InChI is InChI=1S/C22H27NO4/c1-21(2,3)26-19(24)15-18(20(25)27-22(4,5)6)14-17-11-9-16(10-12-17)8-7-13-23/h9-12,18H,14-15H2,1-6H3. The fourth-order valence-corrected chi connectivity index (χ4v) is 2.32. The minimum atomic E-state index is -0.643. The molecule has 0 saturated carbocycles. The van der Waals surface area contributed by atoms with Crippen LogP contribution >= 0.6 is 0 Å². The normalized spacial score (nSPS) is 12.2. The topological polar surface area (TPSA) is 76.4 Å². The van der Waals surface area contributed by atoms with Gasteiger partial charge in [-0.15, -0.1) is 0 Å². The van der Waals surface area contributed by atoms with Crippen molar-refractivity contribution in [2.24, 2.45) is 5.92 Å². The fraction of sp³-hybridized carbons (Fsp3) is 0.500. The van der Waals surface area contributed by atoms with E-state index in [2.05, 4.69) is 11.8 Å². The number of carbonyl (C=O) groups excluding carboxylic acids is 2. The van der Waals surface area contributed by atoms with E-state index in [-0.39, 0.29) is 6.42 Å². The summed E-state index contributed by atoms with van der Waals surface area (Å²) in [7, 11) is 0. The van der Waals surface area contributed by atoms with E-state index >= 15 is 0 Å². The first-order valence-corrected chi connectivity index (χ1v) is 8.83. The number of nitriles is 1. The molecule has 1 aromatic carbocycles. The minimum absolute atomic E-state index is 0.0534. The number of ether oxygens (including phenoxy) is 2. The quantitative estimate of drug-likeness (QED) is 0.583. The lowest BCUT2D eigenvalue weighted by Gasteiger charge is -2.25. The van der Waals surface area contributed by atoms with Crippen LogP contribution in [0.5, 0.6) is 0 Å². The van der Waals surface area contributed by atoms with Crippen molar-refractivity contribution in [2.75, 3.05) is 0 Å². The van der Waals surface area contributed by atoms with Gasteiger partial charge < -0.3 is 9.47 Å². The van der Waals surface area contributed by atoms with Gasteiger partial charge in [-0.1, -0.05) is 18.1 Å². The number of carbonyl (C=O) groups is 2. The predicted molar refractivity (Wildman–Crippen MR) is 102 cm³/mol. The Morgan fingerprint density at radius 1 is 1.00 bits per heavy atom. The van der Waals surface area contributed by atoms with Crippen LogP contribution in [0.25, 0.3) is 0 Å². The van der Waals surface area contributed by atoms with Gasteiger partial charge in [-0.3, -0.25) is 9.59 Å². The Kier molecular flexibility index (Phi) is 7.61. The lowest BCUT2D eigenvalue weighted by molar-refractivity contribution is -0.167. The highest BCUT2D eigenvalue weighted by Gasteiger charge is 2.29. The summed E-state index contributed by atoms with van der Waals surface area (Å²) in [6.07, 6.45) is 0.294. The third-order valence-electron chi connectivity index (χ3n) is 3.27. The Balaban J connectivity index is 2.95. The minimum Gasteiger partial charge on any atom is -0.460 e. The molecule has 0 amide bonds. The van der Waals surface area contributed by atoms with Gasteiger partial charge in [-0.2, -0.15) is 5.26 Å². The van der Waals surface area contributed by atoms with Gasteiger partial charge in [0.2, 0.25) is 0 Å². The van der Waals surface area contributed by atoms with Crippen LogP contribution in [0.15, 0.2) is 24.3 Å². The van der Waals surface area contributed by atoms with Crippen LogP contribution in [0, 0.1) is 29.1 Å². The van der Waals surface area contributed by atoms with E-state index in [0.717, 1.165) is 5.56 Å². The largest absolute Gasteiger partial charge is 0.460 e. The summed E-state index contributed by atoms with van der Waals surface area (Å²) in [6, 6.07) is 8.97. The summed E-state index contributed by atoms with van der Waals surface area (Å²) >= 11 is 0. The molecule has 1 unspecified atom stereocenters. The maximum atomic E-state index is 12.6. The first kappa shape index (κ1) is 22.3. The molecule has 1 atom stereocenters. The number of benzene rings is 1. The Labute approximate surface area is 161 Å². The molecule has 0 bridgehead atoms. The number of rotatable bonds is 5. The summed E-state index contributed by atoms with van der Waals surface area (Å²) in [5.41, 5.74) is 0.328. The highest BCUT2D eigenvalue weighted by molar-refractivity contribution is 5.80. The maximum Gasteiger partial charge on any atom is 0.310 e. The zero-order valence-corrected chi connectivity index (χ0v) is 16.9. The Bertz CT molecular complexity index is 762. The van der Waals surface area contributed by atoms with Crippen LogP contribution in [0.2, 0.25) is 0 Å². The second-order valence-corrected chi connectivity index (χ2v) is 8.28. The smallest absolute Gasteiger partial charge is 0.310 e. The Morgan fingerprint density at radius 3 is 2.04 bits per heavy atom. The highest BCUT2D eigenvalue weighted by atomic mass is 16.6. The lowest BCUT2D eigenvalue weighted by Crippen LogP contribution is -2.33. The molecule has 144 valence electrons. The average molecular weight is 369 g/mol. The summed E-state index contributed by atoms with van der Waals surface area (Å²) in [4.78, 5) is 24.8. The average Bonchev–Trinajstić information content (AvgIpc) is 2.50. The highest BCUT2D eigenvalue weighted by Crippen LogP contribution is 2.21. The third-order valence-corrected chi connectivity index (χ3v) is 3.27. The molecule has 0 N–H and O–H groups in total. The number of hydrogen-bond acceptors (Lipinski definition) is 5. The first-order valence-electron chi connectivity index (χ1n) is 8.83. The molecule has 0 aliphatic rings. The van der Waals surface area contributed by atoms with Gasteiger partial charge >= 0.3 is 11.9 Å². The SMILES string of the molecule is CC(C)(C)OC(=O)CC(Cc1ccc(C#CC#N)cc1)C(=O)OC(C)(C)C. The van der Waals surface area contributed by atoms with Crippen molar-refractivity contribution < 1.29 is 19.1 Å². The van der Waals surface area contributed by atoms with Crippen molar-refractivity contribution >= 4 is 11.9 Å². The summed E-state index contributed by atoms with van der Waals surface area (Å²) in [5.74, 6) is 3.54. The van der Waals surface area contributed by atoms with E-state index in [1.165, 1.54) is 0 Å². The van der Waals surface area contributed by atoms with Crippen LogP contribution in [-0.2, 0) is 25.5 Å². The zero-order chi connectivity index (χ0) is 20.7. The Hall–Kier alpha value is -2.79. The molecule has 5 heteroatoms. The molecule has 0 fully saturated rings. The Morgan fingerprint density at radius 2 is 1.56 bits per heavy atom. The molecule has 0 aliphatic carbocycles. The van der Waals surface area contributed by atoms with Crippen molar-refractivity contribution in [3.8, 4) is 17.9 Å². The van der Waals surface area contributed by atoms with Crippen LogP contribution in [0.3, 0.4) is 0 Å². The van der Waals surface area contributed by atoms with E-state index in [0.29, 0.717) is 12.0 Å². The van der Waals surface area contributed by atoms with Gasteiger partial charge in [-0.25, -0.2) is 0 Å². The van der Waals surface area contributed by atoms with Gasteiger partial charge in [0, 0.05) is 11.5 Å². The van der Waals surface area contributed by atoms with Crippen LogP contribution in [0.4, 0.5) is 0 Å². The number of hydrogen-bond donors (Lipinski definition) is 0. The molecule has 0 aromatic heterocycles. The van der Waals surface area contributed by atoms with Crippen molar-refractivity contribution in [3.63, 3.8) is 0 Å². The van der Waals surface area contributed by atoms with Crippen LogP contribution in [0.1, 0.15) is 59.1 Å². The fourth-order valence-electron chi connectivity index (χ4n) is 2.32. The predicted octanol–water partition coefficient (Wildman–Crippen LogP) is 3.79.